The van der Waals surface area contributed by atoms with Crippen LogP contribution in [0.25, 0.3) is 0 Å². The number of β-amino-alcohol motifs (C(OH)–C–C–N with tert-alkyl or cyclic N) is 1. The maximum Gasteiger partial charge on any atom is 0.271 e. The Morgan fingerprint density at radius 1 is 1.50 bits per heavy atom. The fourth-order valence-corrected chi connectivity index (χ4v) is 1.99. The average Bonchev–Trinajstić information content (AvgIpc) is 2.29. The first-order chi connectivity index (χ1) is 7.66. The molecule has 1 aromatic rings. The number of non-ortho nitro benzene ring substituents is 1. The molecule has 86 valence electrons. The van der Waals surface area contributed by atoms with Gasteiger partial charge < -0.3 is 10.0 Å². The molecular formula is C11H14N2O3. The molecule has 0 aliphatic carbocycles. The minimum atomic E-state index is -0.399. The number of piperidine rings is 1. The van der Waals surface area contributed by atoms with Gasteiger partial charge in [0.25, 0.3) is 5.69 Å². The van der Waals surface area contributed by atoms with Gasteiger partial charge in [-0.05, 0) is 18.9 Å². The van der Waals surface area contributed by atoms with Gasteiger partial charge in [-0.1, -0.05) is 6.07 Å². The number of hydrogen-bond acceptors (Lipinski definition) is 4. The van der Waals surface area contributed by atoms with Crippen LogP contribution in [-0.2, 0) is 0 Å². The maximum atomic E-state index is 10.6. The Bertz CT molecular complexity index is 395. The molecule has 1 unspecified atom stereocenters. The van der Waals surface area contributed by atoms with Crippen LogP contribution in [0.1, 0.15) is 12.8 Å². The summed E-state index contributed by atoms with van der Waals surface area (Å²) >= 11 is 0. The fraction of sp³-hybridized carbons (Fsp3) is 0.455. The smallest absolute Gasteiger partial charge is 0.271 e. The second-order valence-electron chi connectivity index (χ2n) is 4.02. The van der Waals surface area contributed by atoms with E-state index in [1.165, 1.54) is 6.07 Å². The van der Waals surface area contributed by atoms with Gasteiger partial charge in [-0.3, -0.25) is 10.1 Å². The molecular weight excluding hydrogens is 208 g/mol. The number of anilines is 1. The summed E-state index contributed by atoms with van der Waals surface area (Å²) in [7, 11) is 0. The molecule has 1 fully saturated rings. The van der Waals surface area contributed by atoms with Gasteiger partial charge in [0.15, 0.2) is 0 Å². The molecule has 1 heterocycles. The van der Waals surface area contributed by atoms with E-state index in [9.17, 15) is 15.2 Å². The summed E-state index contributed by atoms with van der Waals surface area (Å²) in [5.74, 6) is 0. The third-order valence-corrected chi connectivity index (χ3v) is 2.80. The van der Waals surface area contributed by atoms with Gasteiger partial charge in [0.05, 0.1) is 11.0 Å². The molecule has 0 bridgehead atoms. The molecule has 1 atom stereocenters. The monoisotopic (exact) mass is 222 g/mol. The zero-order valence-electron chi connectivity index (χ0n) is 8.87. The molecule has 0 saturated carbocycles. The highest BCUT2D eigenvalue weighted by molar-refractivity contribution is 5.53. The van der Waals surface area contributed by atoms with Crippen molar-refractivity contribution in [2.75, 3.05) is 18.0 Å². The molecule has 0 spiro atoms. The number of nitro groups is 1. The van der Waals surface area contributed by atoms with Crippen molar-refractivity contribution in [2.45, 2.75) is 18.9 Å². The van der Waals surface area contributed by atoms with Crippen LogP contribution in [0.2, 0.25) is 0 Å². The molecule has 0 radical (unpaired) electrons. The van der Waals surface area contributed by atoms with E-state index in [2.05, 4.69) is 0 Å². The molecule has 1 aliphatic heterocycles. The quantitative estimate of drug-likeness (QED) is 0.609. The van der Waals surface area contributed by atoms with Crippen molar-refractivity contribution in [1.82, 2.24) is 0 Å². The lowest BCUT2D eigenvalue weighted by Crippen LogP contribution is -2.38. The van der Waals surface area contributed by atoms with Gasteiger partial charge in [0.2, 0.25) is 0 Å². The zero-order valence-corrected chi connectivity index (χ0v) is 8.87. The van der Waals surface area contributed by atoms with Gasteiger partial charge >= 0.3 is 0 Å². The first-order valence-corrected chi connectivity index (χ1v) is 5.34. The van der Waals surface area contributed by atoms with E-state index >= 15 is 0 Å². The van der Waals surface area contributed by atoms with Gasteiger partial charge in [0, 0.05) is 30.9 Å². The van der Waals surface area contributed by atoms with Crippen LogP contribution < -0.4 is 4.90 Å². The summed E-state index contributed by atoms with van der Waals surface area (Å²) < 4.78 is 0. The summed E-state index contributed by atoms with van der Waals surface area (Å²) in [6.07, 6.45) is 1.41. The third-order valence-electron chi connectivity index (χ3n) is 2.80. The van der Waals surface area contributed by atoms with E-state index in [-0.39, 0.29) is 11.8 Å². The van der Waals surface area contributed by atoms with Crippen molar-refractivity contribution in [1.29, 1.82) is 0 Å². The van der Waals surface area contributed by atoms with Gasteiger partial charge in [-0.2, -0.15) is 0 Å². The van der Waals surface area contributed by atoms with Crippen LogP contribution in [0, 0.1) is 10.1 Å². The lowest BCUT2D eigenvalue weighted by atomic mass is 10.1. The molecule has 2 rings (SSSR count). The van der Waals surface area contributed by atoms with Crippen LogP contribution in [0.5, 0.6) is 0 Å². The van der Waals surface area contributed by atoms with Crippen LogP contribution in [-0.4, -0.2) is 29.2 Å². The van der Waals surface area contributed by atoms with Gasteiger partial charge in [-0.25, -0.2) is 0 Å². The van der Waals surface area contributed by atoms with Gasteiger partial charge in [0.1, 0.15) is 0 Å². The summed E-state index contributed by atoms with van der Waals surface area (Å²) in [4.78, 5) is 12.2. The lowest BCUT2D eigenvalue weighted by molar-refractivity contribution is -0.384. The Labute approximate surface area is 93.5 Å². The molecule has 0 aromatic heterocycles. The first kappa shape index (κ1) is 10.9. The van der Waals surface area contributed by atoms with E-state index in [0.717, 1.165) is 25.1 Å². The van der Waals surface area contributed by atoms with E-state index in [1.807, 2.05) is 11.0 Å². The molecule has 1 saturated heterocycles. The van der Waals surface area contributed by atoms with Crippen molar-refractivity contribution in [3.05, 3.63) is 34.4 Å². The Balaban J connectivity index is 2.19. The average molecular weight is 222 g/mol. The molecule has 5 heteroatoms. The number of nitro benzene ring substituents is 1. The summed E-state index contributed by atoms with van der Waals surface area (Å²) in [5, 5.41) is 20.2. The lowest BCUT2D eigenvalue weighted by Gasteiger charge is -2.31. The Morgan fingerprint density at radius 3 is 3.00 bits per heavy atom. The Morgan fingerprint density at radius 2 is 2.31 bits per heavy atom. The molecule has 0 amide bonds. The summed E-state index contributed by atoms with van der Waals surface area (Å²) in [6.45, 7) is 1.40. The fourth-order valence-electron chi connectivity index (χ4n) is 1.99. The Kier molecular flexibility index (Phi) is 3.05. The van der Waals surface area contributed by atoms with Crippen molar-refractivity contribution < 1.29 is 10.0 Å². The van der Waals surface area contributed by atoms with E-state index in [4.69, 9.17) is 0 Å². The number of rotatable bonds is 2. The first-order valence-electron chi connectivity index (χ1n) is 5.34. The molecule has 1 N–H and O–H groups in total. The topological polar surface area (TPSA) is 66.6 Å². The Hall–Kier alpha value is -1.62. The third kappa shape index (κ3) is 2.30. The van der Waals surface area contributed by atoms with Crippen LogP contribution in [0.15, 0.2) is 24.3 Å². The molecule has 5 nitrogen and oxygen atoms in total. The second-order valence-corrected chi connectivity index (χ2v) is 4.02. The number of hydrogen-bond donors (Lipinski definition) is 1. The maximum absolute atomic E-state index is 10.6. The van der Waals surface area contributed by atoms with Crippen molar-refractivity contribution in [3.63, 3.8) is 0 Å². The predicted octanol–water partition coefficient (Wildman–Crippen LogP) is 1.56. The highest BCUT2D eigenvalue weighted by Crippen LogP contribution is 2.24. The standard InChI is InChI=1S/C11H14N2O3/c14-11-5-2-6-12(8-11)9-3-1-4-10(7-9)13(15)16/h1,3-4,7,11,14H,2,5-6,8H2. The second kappa shape index (κ2) is 4.49. The minimum Gasteiger partial charge on any atom is -0.391 e. The zero-order chi connectivity index (χ0) is 11.5. The SMILES string of the molecule is O=[N+]([O-])c1cccc(N2CCCC(O)C2)c1. The van der Waals surface area contributed by atoms with Gasteiger partial charge in [-0.15, -0.1) is 0 Å². The van der Waals surface area contributed by atoms with Crippen molar-refractivity contribution >= 4 is 11.4 Å². The minimum absolute atomic E-state index is 0.0950. The van der Waals surface area contributed by atoms with Crippen molar-refractivity contribution in [3.8, 4) is 0 Å². The number of benzene rings is 1. The van der Waals surface area contributed by atoms with E-state index < -0.39 is 4.92 Å². The van der Waals surface area contributed by atoms with E-state index in [0.29, 0.717) is 6.54 Å². The van der Waals surface area contributed by atoms with E-state index in [1.54, 1.807) is 12.1 Å². The number of aliphatic hydroxyl groups is 1. The highest BCUT2D eigenvalue weighted by atomic mass is 16.6. The summed E-state index contributed by atoms with van der Waals surface area (Å²) in [5.41, 5.74) is 0.908. The largest absolute Gasteiger partial charge is 0.391 e. The molecule has 1 aliphatic rings. The van der Waals surface area contributed by atoms with Crippen LogP contribution in [0.3, 0.4) is 0 Å². The highest BCUT2D eigenvalue weighted by Gasteiger charge is 2.19. The number of aliphatic hydroxyl groups excluding tert-OH is 1. The normalized spacial score (nSPS) is 20.8. The predicted molar refractivity (Wildman–Crippen MR) is 60.6 cm³/mol. The molecule has 1 aromatic carbocycles. The number of nitrogens with zero attached hydrogens (tertiary/aromatic N) is 2. The van der Waals surface area contributed by atoms with Crippen molar-refractivity contribution in [2.24, 2.45) is 0 Å². The van der Waals surface area contributed by atoms with Crippen LogP contribution >= 0.6 is 0 Å². The summed E-state index contributed by atoms with van der Waals surface area (Å²) in [6, 6.07) is 6.54. The van der Waals surface area contributed by atoms with Crippen LogP contribution in [0.4, 0.5) is 11.4 Å². The molecule has 16 heavy (non-hydrogen) atoms.